The van der Waals surface area contributed by atoms with Gasteiger partial charge in [-0.2, -0.15) is 18.3 Å². The van der Waals surface area contributed by atoms with Gasteiger partial charge in [-0.1, -0.05) is 0 Å². The Balaban J connectivity index is 1.91. The van der Waals surface area contributed by atoms with Crippen molar-refractivity contribution in [1.29, 1.82) is 0 Å². The van der Waals surface area contributed by atoms with Gasteiger partial charge < -0.3 is 4.90 Å². The van der Waals surface area contributed by atoms with Crippen LogP contribution in [-0.4, -0.2) is 48.9 Å². The van der Waals surface area contributed by atoms with Crippen LogP contribution in [0.3, 0.4) is 0 Å². The number of rotatable bonds is 5. The van der Waals surface area contributed by atoms with E-state index in [0.29, 0.717) is 25.2 Å². The second-order valence-electron chi connectivity index (χ2n) is 5.57. The van der Waals surface area contributed by atoms with Crippen LogP contribution in [0.1, 0.15) is 36.6 Å². The lowest BCUT2D eigenvalue weighted by Crippen LogP contribution is -2.36. The van der Waals surface area contributed by atoms with Crippen LogP contribution in [0.4, 0.5) is 13.2 Å². The third-order valence-electron chi connectivity index (χ3n) is 3.74. The normalized spacial score (nSPS) is 21.2. The molecule has 0 aliphatic carbocycles. The number of aromatic nitrogens is 2. The Labute approximate surface area is 126 Å². The van der Waals surface area contributed by atoms with Crippen molar-refractivity contribution in [2.24, 2.45) is 5.14 Å². The summed E-state index contributed by atoms with van der Waals surface area (Å²) in [5.41, 5.74) is -0.433. The average Bonchev–Trinajstić information content (AvgIpc) is 2.87. The van der Waals surface area contributed by atoms with Gasteiger partial charge in [-0.15, -0.1) is 0 Å². The molecule has 0 radical (unpaired) electrons. The fraction of sp³-hybridized carbons (Fsp3) is 0.750. The van der Waals surface area contributed by atoms with Crippen LogP contribution >= 0.6 is 0 Å². The number of likely N-dealkylation sites (tertiary alicyclic amines) is 1. The largest absolute Gasteiger partial charge is 0.435 e. The van der Waals surface area contributed by atoms with Crippen molar-refractivity contribution in [2.45, 2.75) is 31.4 Å². The molecule has 6 nitrogen and oxygen atoms in total. The number of aromatic amines is 1. The molecule has 126 valence electrons. The van der Waals surface area contributed by atoms with Gasteiger partial charge in [0.25, 0.3) is 0 Å². The summed E-state index contributed by atoms with van der Waals surface area (Å²) in [5, 5.41) is 10.7. The topological polar surface area (TPSA) is 92.1 Å². The number of sulfonamides is 1. The summed E-state index contributed by atoms with van der Waals surface area (Å²) in [6.07, 6.45) is -2.40. The summed E-state index contributed by atoms with van der Waals surface area (Å²) in [7, 11) is -3.47. The predicted molar refractivity (Wildman–Crippen MR) is 74.6 cm³/mol. The van der Waals surface area contributed by atoms with E-state index in [9.17, 15) is 21.6 Å². The fourth-order valence-corrected chi connectivity index (χ4v) is 3.22. The smallest absolute Gasteiger partial charge is 0.303 e. The van der Waals surface area contributed by atoms with Gasteiger partial charge in [0.15, 0.2) is 5.69 Å². The summed E-state index contributed by atoms with van der Waals surface area (Å²) in [4.78, 5) is 2.05. The molecular weight excluding hydrogens is 321 g/mol. The van der Waals surface area contributed by atoms with Crippen molar-refractivity contribution < 1.29 is 21.6 Å². The van der Waals surface area contributed by atoms with E-state index < -0.39 is 21.9 Å². The quantitative estimate of drug-likeness (QED) is 0.845. The van der Waals surface area contributed by atoms with Gasteiger partial charge in [0.05, 0.1) is 5.75 Å². The molecule has 1 fully saturated rings. The van der Waals surface area contributed by atoms with Gasteiger partial charge in [-0.25, -0.2) is 13.6 Å². The van der Waals surface area contributed by atoms with Crippen molar-refractivity contribution in [3.63, 3.8) is 0 Å². The number of H-pyrrole nitrogens is 1. The second-order valence-corrected chi connectivity index (χ2v) is 7.30. The number of alkyl halides is 3. The van der Waals surface area contributed by atoms with Gasteiger partial charge in [-0.05, 0) is 38.4 Å². The van der Waals surface area contributed by atoms with Crippen molar-refractivity contribution in [2.75, 3.05) is 25.4 Å². The highest BCUT2D eigenvalue weighted by atomic mass is 32.2. The zero-order valence-electron chi connectivity index (χ0n) is 11.9. The van der Waals surface area contributed by atoms with E-state index in [2.05, 4.69) is 10.2 Å². The molecule has 2 rings (SSSR count). The number of nitrogens with one attached hydrogen (secondary N) is 1. The van der Waals surface area contributed by atoms with Crippen LogP contribution in [0, 0.1) is 0 Å². The number of piperidine rings is 1. The zero-order valence-corrected chi connectivity index (χ0v) is 12.8. The first-order chi connectivity index (χ1) is 10.1. The van der Waals surface area contributed by atoms with Crippen LogP contribution in [0.2, 0.25) is 0 Å². The van der Waals surface area contributed by atoms with E-state index in [4.69, 9.17) is 5.14 Å². The highest BCUT2D eigenvalue weighted by molar-refractivity contribution is 7.89. The number of nitrogens with zero attached hydrogens (tertiary/aromatic N) is 2. The number of primary sulfonamides is 1. The second kappa shape index (κ2) is 6.55. The predicted octanol–water partition coefficient (Wildman–Crippen LogP) is 1.29. The third-order valence-corrected chi connectivity index (χ3v) is 4.59. The summed E-state index contributed by atoms with van der Waals surface area (Å²) in [5.74, 6) is -0.136. The molecule has 1 atom stereocenters. The number of hydrogen-bond acceptors (Lipinski definition) is 4. The Hall–Kier alpha value is -1.13. The summed E-state index contributed by atoms with van der Waals surface area (Å²) < 4.78 is 59.5. The molecule has 3 N–H and O–H groups in total. The number of nitrogens with two attached hydrogens (primary N) is 1. The maximum absolute atomic E-state index is 12.6. The maximum atomic E-state index is 12.6. The van der Waals surface area contributed by atoms with Crippen LogP contribution in [-0.2, 0) is 16.2 Å². The van der Waals surface area contributed by atoms with E-state index in [1.165, 1.54) is 0 Å². The number of halogens is 3. The summed E-state index contributed by atoms with van der Waals surface area (Å²) in [6, 6.07) is 1.05. The van der Waals surface area contributed by atoms with E-state index in [0.717, 1.165) is 25.5 Å². The van der Waals surface area contributed by atoms with E-state index in [1.807, 2.05) is 4.90 Å². The Morgan fingerprint density at radius 3 is 2.77 bits per heavy atom. The Morgan fingerprint density at radius 1 is 1.45 bits per heavy atom. The lowest BCUT2D eigenvalue weighted by atomic mass is 9.94. The Bertz CT molecular complexity index is 600. The lowest BCUT2D eigenvalue weighted by molar-refractivity contribution is -0.141. The molecule has 1 aliphatic heterocycles. The molecule has 1 aromatic rings. The highest BCUT2D eigenvalue weighted by Crippen LogP contribution is 2.31. The first-order valence-corrected chi connectivity index (χ1v) is 8.72. The molecule has 0 aromatic carbocycles. The van der Waals surface area contributed by atoms with Crippen molar-refractivity contribution in [3.8, 4) is 0 Å². The Morgan fingerprint density at radius 2 is 2.18 bits per heavy atom. The average molecular weight is 340 g/mol. The number of hydrogen-bond donors (Lipinski definition) is 2. The molecular formula is C12H19F3N4O2S. The first-order valence-electron chi connectivity index (χ1n) is 7.00. The van der Waals surface area contributed by atoms with Crippen LogP contribution in [0.25, 0.3) is 0 Å². The molecule has 1 aliphatic rings. The molecule has 1 saturated heterocycles. The summed E-state index contributed by atoms with van der Waals surface area (Å²) >= 11 is 0. The molecule has 0 unspecified atom stereocenters. The van der Waals surface area contributed by atoms with Crippen molar-refractivity contribution in [1.82, 2.24) is 15.1 Å². The van der Waals surface area contributed by atoms with Gasteiger partial charge >= 0.3 is 6.18 Å². The minimum atomic E-state index is -4.45. The van der Waals surface area contributed by atoms with Gasteiger partial charge in [0, 0.05) is 18.2 Å². The molecule has 0 saturated carbocycles. The first kappa shape index (κ1) is 17.2. The molecule has 2 heterocycles. The minimum absolute atomic E-state index is 0.0492. The standard InChI is InChI=1S/C12H19F3N4O2S/c13-12(14,15)11-7-10(17-18-11)9-3-1-4-19(8-9)5-2-6-22(16,20)21/h7,9H,1-6,8H2,(H,17,18)(H2,16,20,21)/t9-/m0/s1. The lowest BCUT2D eigenvalue weighted by Gasteiger charge is -2.32. The van der Waals surface area contributed by atoms with Gasteiger partial charge in [0.1, 0.15) is 0 Å². The van der Waals surface area contributed by atoms with Crippen LogP contribution in [0.15, 0.2) is 6.07 Å². The van der Waals surface area contributed by atoms with Crippen LogP contribution < -0.4 is 5.14 Å². The zero-order chi connectivity index (χ0) is 16.4. The molecule has 10 heteroatoms. The maximum Gasteiger partial charge on any atom is 0.435 e. The minimum Gasteiger partial charge on any atom is -0.303 e. The highest BCUT2D eigenvalue weighted by Gasteiger charge is 2.35. The van der Waals surface area contributed by atoms with E-state index in [-0.39, 0.29) is 11.7 Å². The van der Waals surface area contributed by atoms with Gasteiger partial charge in [-0.3, -0.25) is 5.10 Å². The van der Waals surface area contributed by atoms with Crippen molar-refractivity contribution in [3.05, 3.63) is 17.5 Å². The van der Waals surface area contributed by atoms with E-state index >= 15 is 0 Å². The third kappa shape index (κ3) is 4.96. The SMILES string of the molecule is NS(=O)(=O)CCCN1CCC[C@H](c2cc(C(F)(F)F)n[nH]2)C1. The van der Waals surface area contributed by atoms with Gasteiger partial charge in [0.2, 0.25) is 10.0 Å². The molecule has 0 bridgehead atoms. The van der Waals surface area contributed by atoms with E-state index in [1.54, 1.807) is 0 Å². The molecule has 1 aromatic heterocycles. The fourth-order valence-electron chi connectivity index (χ4n) is 2.69. The summed E-state index contributed by atoms with van der Waals surface area (Å²) in [6.45, 7) is 1.96. The van der Waals surface area contributed by atoms with Crippen molar-refractivity contribution >= 4 is 10.0 Å². The Kier molecular flexibility index (Phi) is 5.13. The monoisotopic (exact) mass is 340 g/mol. The molecule has 22 heavy (non-hydrogen) atoms. The van der Waals surface area contributed by atoms with Crippen LogP contribution in [0.5, 0.6) is 0 Å². The molecule has 0 spiro atoms. The molecule has 0 amide bonds.